The number of carbonyl (C=O) groups is 1. The van der Waals surface area contributed by atoms with E-state index in [1.165, 1.54) is 36.9 Å². The fourth-order valence-electron chi connectivity index (χ4n) is 4.10. The van der Waals surface area contributed by atoms with Gasteiger partial charge in [0.2, 0.25) is 5.91 Å². The maximum absolute atomic E-state index is 12.4. The summed E-state index contributed by atoms with van der Waals surface area (Å²) in [5.74, 6) is 0.0165. The van der Waals surface area contributed by atoms with Gasteiger partial charge < -0.3 is 5.32 Å². The second-order valence-corrected chi connectivity index (χ2v) is 9.42. The third kappa shape index (κ3) is 6.49. The molecule has 0 unspecified atom stereocenters. The van der Waals surface area contributed by atoms with Crippen molar-refractivity contribution >= 4 is 17.2 Å². The Kier molecular flexibility index (Phi) is 7.49. The second-order valence-electron chi connectivity index (χ2n) is 8.48. The van der Waals surface area contributed by atoms with Crippen LogP contribution in [0.5, 0.6) is 0 Å². The molecule has 1 N–H and O–H groups in total. The Morgan fingerprint density at radius 1 is 1.06 bits per heavy atom. The van der Waals surface area contributed by atoms with E-state index in [0.29, 0.717) is 19.0 Å². The molecule has 1 atom stereocenters. The molecule has 1 amide bonds. The van der Waals surface area contributed by atoms with Crippen molar-refractivity contribution in [2.45, 2.75) is 58.2 Å². The van der Waals surface area contributed by atoms with E-state index in [1.807, 2.05) is 23.6 Å². The number of nitrogens with zero attached hydrogens (tertiary/aromatic N) is 2. The van der Waals surface area contributed by atoms with E-state index in [0.717, 1.165) is 29.2 Å². The van der Waals surface area contributed by atoms with Gasteiger partial charge in [0.25, 0.3) is 0 Å². The number of nitrogens with one attached hydrogen (secondary N) is 1. The fraction of sp³-hybridized carbons (Fsp3) is 0.385. The van der Waals surface area contributed by atoms with Gasteiger partial charge in [0.15, 0.2) is 0 Å². The molecular formula is C26H31N3OS. The van der Waals surface area contributed by atoms with Crippen LogP contribution < -0.4 is 5.32 Å². The van der Waals surface area contributed by atoms with E-state index >= 15 is 0 Å². The number of likely N-dealkylation sites (tertiary alicyclic amines) is 1. The molecule has 2 heterocycles. The van der Waals surface area contributed by atoms with E-state index in [4.69, 9.17) is 0 Å². The maximum Gasteiger partial charge on any atom is 0.226 e. The van der Waals surface area contributed by atoms with Crippen LogP contribution in [-0.4, -0.2) is 28.4 Å². The predicted molar refractivity (Wildman–Crippen MR) is 127 cm³/mol. The highest BCUT2D eigenvalue weighted by Crippen LogP contribution is 2.19. The van der Waals surface area contributed by atoms with Gasteiger partial charge in [0.05, 0.1) is 17.1 Å². The Bertz CT molecular complexity index is 968. The van der Waals surface area contributed by atoms with Crippen LogP contribution in [0, 0.1) is 0 Å². The fourth-order valence-corrected chi connectivity index (χ4v) is 4.93. The van der Waals surface area contributed by atoms with Crippen LogP contribution in [0.2, 0.25) is 0 Å². The number of piperidine rings is 1. The van der Waals surface area contributed by atoms with Crippen molar-refractivity contribution in [3.63, 3.8) is 0 Å². The molecule has 1 aliphatic rings. The Hall–Kier alpha value is -2.50. The van der Waals surface area contributed by atoms with Crippen molar-refractivity contribution < 1.29 is 4.79 Å². The topological polar surface area (TPSA) is 45.2 Å². The molecule has 0 spiro atoms. The van der Waals surface area contributed by atoms with Crippen LogP contribution in [0.15, 0.2) is 60.0 Å². The number of thiazole rings is 1. The lowest BCUT2D eigenvalue weighted by atomic mass is 10.0. The quantitative estimate of drug-likeness (QED) is 0.546. The molecule has 0 aliphatic carbocycles. The van der Waals surface area contributed by atoms with Crippen molar-refractivity contribution in [2.75, 3.05) is 6.54 Å². The first-order chi connectivity index (χ1) is 15.2. The van der Waals surface area contributed by atoms with E-state index in [2.05, 4.69) is 58.5 Å². The molecule has 162 valence electrons. The lowest BCUT2D eigenvalue weighted by Crippen LogP contribution is -2.36. The summed E-state index contributed by atoms with van der Waals surface area (Å²) in [6, 6.07) is 19.6. The van der Waals surface area contributed by atoms with Crippen LogP contribution in [0.4, 0.5) is 0 Å². The predicted octanol–water partition coefficient (Wildman–Crippen LogP) is 4.97. The SMILES string of the molecule is C[C@H]1CCCCN1Cc1ccc(CNC(=O)Cc2csc(Cc3ccccc3)n2)cc1. The lowest BCUT2D eigenvalue weighted by molar-refractivity contribution is -0.120. The lowest BCUT2D eigenvalue weighted by Gasteiger charge is -2.33. The Morgan fingerprint density at radius 3 is 2.61 bits per heavy atom. The number of benzene rings is 2. The number of hydrogen-bond acceptors (Lipinski definition) is 4. The summed E-state index contributed by atoms with van der Waals surface area (Å²) in [4.78, 5) is 19.6. The highest BCUT2D eigenvalue weighted by atomic mass is 32.1. The molecular weight excluding hydrogens is 402 g/mol. The van der Waals surface area contributed by atoms with Gasteiger partial charge >= 0.3 is 0 Å². The summed E-state index contributed by atoms with van der Waals surface area (Å²) in [5.41, 5.74) is 4.56. The molecule has 4 nitrogen and oxygen atoms in total. The summed E-state index contributed by atoms with van der Waals surface area (Å²) >= 11 is 1.62. The van der Waals surface area contributed by atoms with E-state index in [1.54, 1.807) is 11.3 Å². The first-order valence-corrected chi connectivity index (χ1v) is 12.1. The molecule has 1 aliphatic heterocycles. The normalized spacial score (nSPS) is 16.9. The van der Waals surface area contributed by atoms with Crippen molar-refractivity contribution in [2.24, 2.45) is 0 Å². The highest BCUT2D eigenvalue weighted by molar-refractivity contribution is 7.09. The Balaban J connectivity index is 1.22. The minimum absolute atomic E-state index is 0.0165. The Labute approximate surface area is 189 Å². The third-order valence-electron chi connectivity index (χ3n) is 5.98. The average molecular weight is 434 g/mol. The van der Waals surface area contributed by atoms with Gasteiger partial charge in [-0.2, -0.15) is 0 Å². The molecule has 4 rings (SSSR count). The minimum Gasteiger partial charge on any atom is -0.352 e. The van der Waals surface area contributed by atoms with Gasteiger partial charge in [-0.15, -0.1) is 11.3 Å². The van der Waals surface area contributed by atoms with Crippen molar-refractivity contribution in [1.82, 2.24) is 15.2 Å². The van der Waals surface area contributed by atoms with Crippen molar-refractivity contribution in [1.29, 1.82) is 0 Å². The molecule has 1 saturated heterocycles. The zero-order valence-electron chi connectivity index (χ0n) is 18.2. The molecule has 2 aromatic carbocycles. The van der Waals surface area contributed by atoms with Gasteiger partial charge in [0.1, 0.15) is 0 Å². The van der Waals surface area contributed by atoms with Crippen molar-refractivity contribution in [3.8, 4) is 0 Å². The molecule has 3 aromatic rings. The van der Waals surface area contributed by atoms with Crippen molar-refractivity contribution in [3.05, 3.63) is 87.4 Å². The number of carbonyl (C=O) groups excluding carboxylic acids is 1. The van der Waals surface area contributed by atoms with E-state index in [-0.39, 0.29) is 5.91 Å². The standard InChI is InChI=1S/C26H31N3OS/c1-20-7-5-6-14-29(20)18-23-12-10-22(11-13-23)17-27-25(30)16-24-19-31-26(28-24)15-21-8-3-2-4-9-21/h2-4,8-13,19-20H,5-7,14-18H2,1H3,(H,27,30)/t20-/m0/s1. The largest absolute Gasteiger partial charge is 0.352 e. The highest BCUT2D eigenvalue weighted by Gasteiger charge is 2.18. The van der Waals surface area contributed by atoms with Gasteiger partial charge in [-0.3, -0.25) is 9.69 Å². The molecule has 0 bridgehead atoms. The van der Waals surface area contributed by atoms with Crippen LogP contribution in [0.25, 0.3) is 0 Å². The number of hydrogen-bond donors (Lipinski definition) is 1. The van der Waals surface area contributed by atoms with Gasteiger partial charge in [0, 0.05) is 30.9 Å². The summed E-state index contributed by atoms with van der Waals surface area (Å²) in [6.07, 6.45) is 5.11. The van der Waals surface area contributed by atoms with Crippen LogP contribution in [0.3, 0.4) is 0 Å². The average Bonchev–Trinajstić information content (AvgIpc) is 3.22. The molecule has 0 saturated carbocycles. The van der Waals surface area contributed by atoms with Gasteiger partial charge in [-0.1, -0.05) is 61.0 Å². The van der Waals surface area contributed by atoms with Crippen LogP contribution >= 0.6 is 11.3 Å². The van der Waals surface area contributed by atoms with Crippen LogP contribution in [0.1, 0.15) is 53.6 Å². The zero-order chi connectivity index (χ0) is 21.5. The maximum atomic E-state index is 12.4. The monoisotopic (exact) mass is 433 g/mol. The Morgan fingerprint density at radius 2 is 1.84 bits per heavy atom. The van der Waals surface area contributed by atoms with E-state index < -0.39 is 0 Å². The smallest absolute Gasteiger partial charge is 0.226 e. The molecule has 5 heteroatoms. The number of aromatic nitrogens is 1. The zero-order valence-corrected chi connectivity index (χ0v) is 19.0. The van der Waals surface area contributed by atoms with Gasteiger partial charge in [-0.25, -0.2) is 4.98 Å². The summed E-state index contributed by atoms with van der Waals surface area (Å²) < 4.78 is 0. The first-order valence-electron chi connectivity index (χ1n) is 11.2. The molecule has 31 heavy (non-hydrogen) atoms. The third-order valence-corrected chi connectivity index (χ3v) is 6.88. The minimum atomic E-state index is 0.0165. The number of rotatable bonds is 8. The molecule has 1 aromatic heterocycles. The number of amides is 1. The molecule has 1 fully saturated rings. The summed E-state index contributed by atoms with van der Waals surface area (Å²) in [7, 11) is 0. The second kappa shape index (κ2) is 10.7. The van der Waals surface area contributed by atoms with Crippen LogP contribution in [-0.2, 0) is 30.7 Å². The van der Waals surface area contributed by atoms with E-state index in [9.17, 15) is 4.79 Å². The first kappa shape index (κ1) is 21.7. The van der Waals surface area contributed by atoms with Gasteiger partial charge in [-0.05, 0) is 43.0 Å². The summed E-state index contributed by atoms with van der Waals surface area (Å²) in [6.45, 7) is 5.10. The summed E-state index contributed by atoms with van der Waals surface area (Å²) in [5, 5.41) is 6.07. The molecule has 0 radical (unpaired) electrons.